The van der Waals surface area contributed by atoms with Crippen molar-refractivity contribution >= 4 is 46.4 Å². The molecule has 1 aromatic carbocycles. The normalized spacial score (nSPS) is 16.4. The first kappa shape index (κ1) is 18.2. The van der Waals surface area contributed by atoms with Gasteiger partial charge in [-0.2, -0.15) is 0 Å². The molecule has 0 radical (unpaired) electrons. The Kier molecular flexibility index (Phi) is 5.67. The summed E-state index contributed by atoms with van der Waals surface area (Å²) >= 11 is 13.6. The molecule has 2 heterocycles. The van der Waals surface area contributed by atoms with E-state index in [1.807, 2.05) is 4.90 Å². The van der Waals surface area contributed by atoms with Crippen molar-refractivity contribution in [3.05, 3.63) is 55.7 Å². The lowest BCUT2D eigenvalue weighted by atomic mass is 9.98. The Bertz CT molecular complexity index is 806. The Morgan fingerprint density at radius 2 is 2.12 bits per heavy atom. The number of thiophene rings is 1. The van der Waals surface area contributed by atoms with Gasteiger partial charge in [0, 0.05) is 16.4 Å². The second kappa shape index (κ2) is 7.77. The van der Waals surface area contributed by atoms with Crippen LogP contribution in [0.4, 0.5) is 0 Å². The maximum absolute atomic E-state index is 12.6. The standard InChI is InChI=1S/C18H18Cl2N2O2S/c1-2-15-13-6-8-25-16(13)5-7-22(15)17(23)10-21-18(24)12-4-3-11(19)9-14(12)20/h3-4,6,8-9,15H,2,5,7,10H2,1H3,(H,21,24)/t15-/m0/s1. The molecule has 2 aromatic rings. The highest BCUT2D eigenvalue weighted by Gasteiger charge is 2.30. The van der Waals surface area contributed by atoms with E-state index in [1.165, 1.54) is 16.5 Å². The van der Waals surface area contributed by atoms with E-state index in [2.05, 4.69) is 23.7 Å². The molecule has 0 aliphatic carbocycles. The second-order valence-corrected chi connectivity index (χ2v) is 7.71. The molecule has 0 unspecified atom stereocenters. The minimum atomic E-state index is -0.378. The maximum atomic E-state index is 12.6. The zero-order valence-corrected chi connectivity index (χ0v) is 16.0. The third kappa shape index (κ3) is 3.84. The molecule has 1 aromatic heterocycles. The molecule has 7 heteroatoms. The van der Waals surface area contributed by atoms with Crippen LogP contribution in [0.1, 0.15) is 40.2 Å². The van der Waals surface area contributed by atoms with Crippen molar-refractivity contribution in [3.8, 4) is 0 Å². The van der Waals surface area contributed by atoms with Crippen LogP contribution in [-0.2, 0) is 11.2 Å². The lowest BCUT2D eigenvalue weighted by Crippen LogP contribution is -2.44. The maximum Gasteiger partial charge on any atom is 0.253 e. The minimum Gasteiger partial charge on any atom is -0.343 e. The number of rotatable bonds is 4. The lowest BCUT2D eigenvalue weighted by Gasteiger charge is -2.35. The van der Waals surface area contributed by atoms with E-state index in [9.17, 15) is 9.59 Å². The highest BCUT2D eigenvalue weighted by molar-refractivity contribution is 7.10. The molecule has 0 spiro atoms. The number of amides is 2. The van der Waals surface area contributed by atoms with Crippen LogP contribution in [0.25, 0.3) is 0 Å². The van der Waals surface area contributed by atoms with Gasteiger partial charge in [0.05, 0.1) is 23.2 Å². The summed E-state index contributed by atoms with van der Waals surface area (Å²) in [5, 5.41) is 5.47. The summed E-state index contributed by atoms with van der Waals surface area (Å²) in [6.45, 7) is 2.71. The summed E-state index contributed by atoms with van der Waals surface area (Å²) in [4.78, 5) is 28.1. The smallest absolute Gasteiger partial charge is 0.253 e. The number of carbonyl (C=O) groups excluding carboxylic acids is 2. The van der Waals surface area contributed by atoms with Crippen LogP contribution in [0.5, 0.6) is 0 Å². The van der Waals surface area contributed by atoms with Crippen molar-refractivity contribution in [2.24, 2.45) is 0 Å². The van der Waals surface area contributed by atoms with Gasteiger partial charge in [0.15, 0.2) is 0 Å². The number of carbonyl (C=O) groups is 2. The van der Waals surface area contributed by atoms with Gasteiger partial charge in [0.25, 0.3) is 5.91 Å². The summed E-state index contributed by atoms with van der Waals surface area (Å²) in [6.07, 6.45) is 1.72. The first-order chi connectivity index (χ1) is 12.0. The van der Waals surface area contributed by atoms with Gasteiger partial charge >= 0.3 is 0 Å². The highest BCUT2D eigenvalue weighted by Crippen LogP contribution is 2.35. The van der Waals surface area contributed by atoms with Gasteiger partial charge in [-0.25, -0.2) is 0 Å². The molecular formula is C18H18Cl2N2O2S. The molecule has 0 saturated heterocycles. The van der Waals surface area contributed by atoms with Crippen molar-refractivity contribution < 1.29 is 9.59 Å². The predicted octanol–water partition coefficient (Wildman–Crippen LogP) is 4.32. The van der Waals surface area contributed by atoms with Gasteiger partial charge in [-0.15, -0.1) is 11.3 Å². The van der Waals surface area contributed by atoms with Crippen LogP contribution in [0.15, 0.2) is 29.6 Å². The highest BCUT2D eigenvalue weighted by atomic mass is 35.5. The second-order valence-electron chi connectivity index (χ2n) is 5.87. The van der Waals surface area contributed by atoms with Gasteiger partial charge in [-0.3, -0.25) is 9.59 Å². The van der Waals surface area contributed by atoms with Crippen molar-refractivity contribution in [3.63, 3.8) is 0 Å². The Labute approximate surface area is 160 Å². The molecule has 0 saturated carbocycles. The molecule has 0 fully saturated rings. The molecule has 132 valence electrons. The average molecular weight is 397 g/mol. The number of halogens is 2. The quantitative estimate of drug-likeness (QED) is 0.836. The molecule has 1 aliphatic heterocycles. The van der Waals surface area contributed by atoms with E-state index in [4.69, 9.17) is 23.2 Å². The number of fused-ring (bicyclic) bond motifs is 1. The fraction of sp³-hybridized carbons (Fsp3) is 0.333. The van der Waals surface area contributed by atoms with E-state index < -0.39 is 0 Å². The lowest BCUT2D eigenvalue weighted by molar-refractivity contribution is -0.133. The van der Waals surface area contributed by atoms with Crippen molar-refractivity contribution in [1.82, 2.24) is 10.2 Å². The fourth-order valence-corrected chi connectivity index (χ4v) is 4.58. The molecule has 0 bridgehead atoms. The van der Waals surface area contributed by atoms with E-state index in [0.29, 0.717) is 17.1 Å². The number of nitrogens with zero attached hydrogens (tertiary/aromatic N) is 1. The monoisotopic (exact) mass is 396 g/mol. The van der Waals surface area contributed by atoms with Crippen LogP contribution in [-0.4, -0.2) is 29.8 Å². The van der Waals surface area contributed by atoms with Gasteiger partial charge in [0.1, 0.15) is 0 Å². The third-order valence-electron chi connectivity index (χ3n) is 4.38. The fourth-order valence-electron chi connectivity index (χ4n) is 3.16. The molecule has 4 nitrogen and oxygen atoms in total. The topological polar surface area (TPSA) is 49.4 Å². The van der Waals surface area contributed by atoms with Gasteiger partial charge in [-0.1, -0.05) is 30.1 Å². The van der Waals surface area contributed by atoms with E-state index in [-0.39, 0.29) is 29.4 Å². The predicted molar refractivity (Wildman–Crippen MR) is 102 cm³/mol. The summed E-state index contributed by atoms with van der Waals surface area (Å²) in [7, 11) is 0. The molecule has 3 rings (SSSR count). The first-order valence-corrected chi connectivity index (χ1v) is 9.73. The largest absolute Gasteiger partial charge is 0.343 e. The molecule has 2 amide bonds. The van der Waals surface area contributed by atoms with Crippen LogP contribution in [0, 0.1) is 0 Å². The van der Waals surface area contributed by atoms with E-state index in [0.717, 1.165) is 12.8 Å². The Morgan fingerprint density at radius 3 is 2.84 bits per heavy atom. The summed E-state index contributed by atoms with van der Waals surface area (Å²) in [5.41, 5.74) is 1.55. The zero-order chi connectivity index (χ0) is 18.0. The molecular weight excluding hydrogens is 379 g/mol. The van der Waals surface area contributed by atoms with E-state index in [1.54, 1.807) is 23.5 Å². The molecule has 1 atom stereocenters. The summed E-state index contributed by atoms with van der Waals surface area (Å²) in [5.74, 6) is -0.460. The summed E-state index contributed by atoms with van der Waals surface area (Å²) < 4.78 is 0. The van der Waals surface area contributed by atoms with Crippen LogP contribution in [0.2, 0.25) is 10.0 Å². The minimum absolute atomic E-state index is 0.0479. The number of nitrogens with one attached hydrogen (secondary N) is 1. The van der Waals surface area contributed by atoms with Gasteiger partial charge in [-0.05, 0) is 48.1 Å². The zero-order valence-electron chi connectivity index (χ0n) is 13.7. The Balaban J connectivity index is 1.65. The number of benzene rings is 1. The molecule has 1 aliphatic rings. The van der Waals surface area contributed by atoms with Crippen molar-refractivity contribution in [2.75, 3.05) is 13.1 Å². The van der Waals surface area contributed by atoms with Crippen LogP contribution >= 0.6 is 34.5 Å². The van der Waals surface area contributed by atoms with Crippen LogP contribution in [0.3, 0.4) is 0 Å². The van der Waals surface area contributed by atoms with E-state index >= 15 is 0 Å². The van der Waals surface area contributed by atoms with Gasteiger partial charge in [0.2, 0.25) is 5.91 Å². The molecule has 1 N–H and O–H groups in total. The Hall–Kier alpha value is -1.56. The number of hydrogen-bond donors (Lipinski definition) is 1. The average Bonchev–Trinajstić information content (AvgIpc) is 3.07. The summed E-state index contributed by atoms with van der Waals surface area (Å²) in [6, 6.07) is 6.84. The first-order valence-electron chi connectivity index (χ1n) is 8.10. The van der Waals surface area contributed by atoms with Crippen molar-refractivity contribution in [2.45, 2.75) is 25.8 Å². The van der Waals surface area contributed by atoms with Crippen molar-refractivity contribution in [1.29, 1.82) is 0 Å². The third-order valence-corrected chi connectivity index (χ3v) is 5.92. The molecule has 25 heavy (non-hydrogen) atoms. The Morgan fingerprint density at radius 1 is 1.32 bits per heavy atom. The number of hydrogen-bond acceptors (Lipinski definition) is 3. The van der Waals surface area contributed by atoms with Gasteiger partial charge < -0.3 is 10.2 Å². The SMILES string of the molecule is CC[C@H]1c2ccsc2CCN1C(=O)CNC(=O)c1ccc(Cl)cc1Cl. The van der Waals surface area contributed by atoms with Crippen LogP contribution < -0.4 is 5.32 Å².